The summed E-state index contributed by atoms with van der Waals surface area (Å²) in [6.45, 7) is 0. The number of hydrogen-bond acceptors (Lipinski definition) is 6. The fourth-order valence-electron chi connectivity index (χ4n) is 4.06. The van der Waals surface area contributed by atoms with Crippen LogP contribution in [0.3, 0.4) is 0 Å². The third-order valence-electron chi connectivity index (χ3n) is 5.85. The van der Waals surface area contributed by atoms with Crippen LogP contribution in [0.2, 0.25) is 0 Å². The van der Waals surface area contributed by atoms with Crippen molar-refractivity contribution in [3.8, 4) is 0 Å². The van der Waals surface area contributed by atoms with Crippen LogP contribution in [-0.2, 0) is 9.59 Å². The van der Waals surface area contributed by atoms with E-state index in [1.807, 2.05) is 16.5 Å². The maximum atomic E-state index is 12.4. The molecule has 4 aromatic rings. The van der Waals surface area contributed by atoms with Gasteiger partial charge >= 0.3 is 24.3 Å². The molecule has 1 aliphatic carbocycles. The minimum atomic E-state index is -5.08. The number of imidazole rings is 1. The summed E-state index contributed by atoms with van der Waals surface area (Å²) in [7, 11) is 0. The maximum absolute atomic E-state index is 12.4. The lowest BCUT2D eigenvalue weighted by atomic mass is 9.86. The lowest BCUT2D eigenvalue weighted by Gasteiger charge is -2.23. The molecular weight excluding hydrogens is 542 g/mol. The van der Waals surface area contributed by atoms with Gasteiger partial charge < -0.3 is 20.3 Å². The largest absolute Gasteiger partial charge is 0.490 e. The van der Waals surface area contributed by atoms with E-state index in [0.29, 0.717) is 11.3 Å². The smallest absolute Gasteiger partial charge is 0.475 e. The molecule has 1 fully saturated rings. The molecule has 0 aromatic carbocycles. The van der Waals surface area contributed by atoms with E-state index in [2.05, 4.69) is 16.2 Å². The number of pyridine rings is 3. The Morgan fingerprint density at radius 1 is 0.949 bits per heavy atom. The number of halogens is 6. The zero-order valence-corrected chi connectivity index (χ0v) is 19.6. The van der Waals surface area contributed by atoms with Crippen molar-refractivity contribution in [1.82, 2.24) is 19.4 Å². The van der Waals surface area contributed by atoms with Gasteiger partial charge in [-0.3, -0.25) is 14.2 Å². The summed E-state index contributed by atoms with van der Waals surface area (Å²) in [4.78, 5) is 42.1. The minimum absolute atomic E-state index is 0.117. The van der Waals surface area contributed by atoms with Crippen LogP contribution in [0.4, 0.5) is 26.3 Å². The van der Waals surface area contributed by atoms with Crippen LogP contribution in [0.1, 0.15) is 37.3 Å². The number of carbonyl (C=O) groups is 2. The second kappa shape index (κ2) is 11.3. The number of carboxylic acid groups (broad SMARTS) is 2. The van der Waals surface area contributed by atoms with Gasteiger partial charge in [0, 0.05) is 41.5 Å². The molecule has 0 aliphatic heterocycles. The van der Waals surface area contributed by atoms with E-state index in [1.54, 1.807) is 18.6 Å². The number of rotatable bonds is 1. The van der Waals surface area contributed by atoms with Crippen LogP contribution < -0.4 is 5.56 Å². The molecule has 4 aromatic heterocycles. The molecule has 0 radical (unpaired) electrons. The molecular formula is C23H20F6N4O6. The Hall–Kier alpha value is -4.21. The van der Waals surface area contributed by atoms with Crippen molar-refractivity contribution in [2.75, 3.05) is 0 Å². The number of hydrogen-bond donors (Lipinski definition) is 4. The molecule has 0 unspecified atom stereocenters. The van der Waals surface area contributed by atoms with Gasteiger partial charge in [-0.1, -0.05) is 0 Å². The number of aromatic amines is 1. The van der Waals surface area contributed by atoms with E-state index < -0.39 is 24.3 Å². The Labute approximate surface area is 213 Å². The minimum Gasteiger partial charge on any atom is -0.475 e. The Morgan fingerprint density at radius 3 is 2.05 bits per heavy atom. The normalized spacial score (nSPS) is 17.7. The van der Waals surface area contributed by atoms with E-state index >= 15 is 0 Å². The van der Waals surface area contributed by atoms with Crippen molar-refractivity contribution in [2.45, 2.75) is 50.1 Å². The number of aromatic nitrogens is 4. The fraction of sp³-hybridized carbons (Fsp3) is 0.348. The molecule has 39 heavy (non-hydrogen) atoms. The number of alkyl halides is 6. The Bertz CT molecular complexity index is 1530. The molecule has 1 aliphatic rings. The third-order valence-corrected chi connectivity index (χ3v) is 5.85. The number of aliphatic hydroxyl groups is 1. The average molecular weight is 562 g/mol. The first-order valence-corrected chi connectivity index (χ1v) is 11.2. The first kappa shape index (κ1) is 29.3. The predicted octanol–water partition coefficient (Wildman–Crippen LogP) is 4.01. The highest BCUT2D eigenvalue weighted by atomic mass is 19.4. The van der Waals surface area contributed by atoms with Gasteiger partial charge in [0.2, 0.25) is 0 Å². The van der Waals surface area contributed by atoms with Gasteiger partial charge in [0.15, 0.2) is 0 Å². The topological polar surface area (TPSA) is 158 Å². The molecule has 0 saturated heterocycles. The van der Waals surface area contributed by atoms with Crippen molar-refractivity contribution in [1.29, 1.82) is 0 Å². The first-order chi connectivity index (χ1) is 18.1. The van der Waals surface area contributed by atoms with Crippen LogP contribution in [0.15, 0.2) is 41.7 Å². The molecule has 10 nitrogen and oxygen atoms in total. The molecule has 0 atom stereocenters. The SMILES string of the molecule is O=C(O)C(F)(F)F.O=C(O)C(F)(F)F.O=c1[nH]ccc2c1c1cnccc1c1nc([C@H]3CC[C@@H](O)CC3)cn21. The van der Waals surface area contributed by atoms with Crippen LogP contribution in [0, 0.1) is 0 Å². The highest BCUT2D eigenvalue weighted by Crippen LogP contribution is 2.34. The first-order valence-electron chi connectivity index (χ1n) is 11.2. The number of nitrogens with one attached hydrogen (secondary N) is 1. The number of nitrogens with zero attached hydrogens (tertiary/aromatic N) is 3. The van der Waals surface area contributed by atoms with Crippen LogP contribution in [0.5, 0.6) is 0 Å². The molecule has 210 valence electrons. The molecule has 1 saturated carbocycles. The van der Waals surface area contributed by atoms with Crippen molar-refractivity contribution in [3.63, 3.8) is 0 Å². The molecule has 5 rings (SSSR count). The highest BCUT2D eigenvalue weighted by molar-refractivity contribution is 6.10. The average Bonchev–Trinajstić information content (AvgIpc) is 3.30. The summed E-state index contributed by atoms with van der Waals surface area (Å²) in [5.74, 6) is -5.16. The van der Waals surface area contributed by atoms with Gasteiger partial charge in [-0.15, -0.1) is 0 Å². The zero-order valence-electron chi connectivity index (χ0n) is 19.6. The number of fused-ring (bicyclic) bond motifs is 6. The molecule has 0 amide bonds. The Balaban J connectivity index is 0.000000251. The summed E-state index contributed by atoms with van der Waals surface area (Å²) in [6.07, 6.45) is 0.385. The van der Waals surface area contributed by atoms with E-state index in [1.165, 1.54) is 0 Å². The molecule has 16 heteroatoms. The standard InChI is InChI=1S/C19H18N4O2.2C2HF3O2/c24-12-3-1-11(2-4-12)15-10-23-16-6-8-21-19(25)17(16)14-9-20-7-5-13(14)18(23)22-15;2*3-2(4,5)1(6)7/h5-12,24H,1-4H2,(H,21,25);2*(H,6,7)/t11-,12+;;. The number of H-pyrrole nitrogens is 1. The van der Waals surface area contributed by atoms with Crippen molar-refractivity contribution >= 4 is 39.3 Å². The monoisotopic (exact) mass is 562 g/mol. The Kier molecular flexibility index (Phi) is 8.48. The number of aliphatic carboxylic acids is 2. The van der Waals surface area contributed by atoms with Crippen LogP contribution in [-0.4, -0.2) is 65.1 Å². The van der Waals surface area contributed by atoms with Crippen molar-refractivity contribution < 1.29 is 51.3 Å². The summed E-state index contributed by atoms with van der Waals surface area (Å²) < 4.78 is 65.5. The highest BCUT2D eigenvalue weighted by Gasteiger charge is 2.38. The lowest BCUT2D eigenvalue weighted by molar-refractivity contribution is -0.193. The van der Waals surface area contributed by atoms with Crippen LogP contribution in [0.25, 0.3) is 27.3 Å². The predicted molar refractivity (Wildman–Crippen MR) is 123 cm³/mol. The summed E-state index contributed by atoms with van der Waals surface area (Å²) in [5, 5.41) is 26.4. The second-order valence-electron chi connectivity index (χ2n) is 8.46. The van der Waals surface area contributed by atoms with E-state index in [4.69, 9.17) is 24.8 Å². The van der Waals surface area contributed by atoms with Gasteiger partial charge in [0.05, 0.1) is 22.7 Å². The molecule has 4 N–H and O–H groups in total. The molecule has 0 bridgehead atoms. The van der Waals surface area contributed by atoms with E-state index in [-0.39, 0.29) is 11.7 Å². The Morgan fingerprint density at radius 2 is 1.51 bits per heavy atom. The fourth-order valence-corrected chi connectivity index (χ4v) is 4.06. The molecule has 0 spiro atoms. The quantitative estimate of drug-likeness (QED) is 0.200. The lowest BCUT2D eigenvalue weighted by Crippen LogP contribution is -2.21. The maximum Gasteiger partial charge on any atom is 0.490 e. The van der Waals surface area contributed by atoms with Crippen molar-refractivity contribution in [2.24, 2.45) is 0 Å². The zero-order chi connectivity index (χ0) is 29.1. The summed E-state index contributed by atoms with van der Waals surface area (Å²) >= 11 is 0. The summed E-state index contributed by atoms with van der Waals surface area (Å²) in [5.41, 5.74) is 2.62. The van der Waals surface area contributed by atoms with E-state index in [0.717, 1.165) is 53.3 Å². The van der Waals surface area contributed by atoms with Gasteiger partial charge in [-0.05, 0) is 37.8 Å². The van der Waals surface area contributed by atoms with E-state index in [9.17, 15) is 36.2 Å². The van der Waals surface area contributed by atoms with Gasteiger partial charge in [0.25, 0.3) is 5.56 Å². The third kappa shape index (κ3) is 6.81. The summed E-state index contributed by atoms with van der Waals surface area (Å²) in [6, 6.07) is 3.82. The number of aliphatic hydroxyl groups excluding tert-OH is 1. The number of carboxylic acids is 2. The van der Waals surface area contributed by atoms with Gasteiger partial charge in [-0.25, -0.2) is 14.6 Å². The van der Waals surface area contributed by atoms with Gasteiger partial charge in [-0.2, -0.15) is 26.3 Å². The van der Waals surface area contributed by atoms with Crippen molar-refractivity contribution in [3.05, 3.63) is 53.0 Å². The van der Waals surface area contributed by atoms with Crippen LogP contribution >= 0.6 is 0 Å². The molecule has 4 heterocycles. The second-order valence-corrected chi connectivity index (χ2v) is 8.46. The van der Waals surface area contributed by atoms with Gasteiger partial charge in [0.1, 0.15) is 5.65 Å².